The van der Waals surface area contributed by atoms with Crippen LogP contribution in [0.2, 0.25) is 0 Å². The molecule has 0 spiro atoms. The van der Waals surface area contributed by atoms with Gasteiger partial charge in [0.15, 0.2) is 6.04 Å². The molecule has 0 aliphatic heterocycles. The Hall–Kier alpha value is -0.920. The third-order valence-corrected chi connectivity index (χ3v) is 6.06. The quantitative estimate of drug-likeness (QED) is 0.681. The number of hydrogen-bond donors (Lipinski definition) is 1. The minimum atomic E-state index is -0.691. The molecule has 1 unspecified atom stereocenters. The van der Waals surface area contributed by atoms with Crippen molar-refractivity contribution >= 4 is 54.9 Å². The van der Waals surface area contributed by atoms with Gasteiger partial charge in [0.1, 0.15) is 5.82 Å². The van der Waals surface area contributed by atoms with Crippen LogP contribution >= 0.6 is 43.2 Å². The standard InChI is InChI=1S/C14H12Br2FNO2S/c1-7-3-8(17)5-9(4-7)18-12(14(19)20-2)11-6-10(15)13(16)21-11/h3-6,12,18H,1-2H3. The summed E-state index contributed by atoms with van der Waals surface area (Å²) in [5.74, 6) is -0.784. The monoisotopic (exact) mass is 435 g/mol. The number of hydrogen-bond acceptors (Lipinski definition) is 4. The Labute approximate surface area is 142 Å². The van der Waals surface area contributed by atoms with Gasteiger partial charge in [0.05, 0.1) is 10.9 Å². The van der Waals surface area contributed by atoms with E-state index in [1.807, 2.05) is 6.07 Å². The molecule has 0 saturated heterocycles. The van der Waals surface area contributed by atoms with Crippen LogP contribution in [0.5, 0.6) is 0 Å². The van der Waals surface area contributed by atoms with Gasteiger partial charge >= 0.3 is 5.97 Å². The molecule has 21 heavy (non-hydrogen) atoms. The van der Waals surface area contributed by atoms with Crippen molar-refractivity contribution in [2.24, 2.45) is 0 Å². The van der Waals surface area contributed by atoms with Gasteiger partial charge in [-0.3, -0.25) is 0 Å². The number of esters is 1. The van der Waals surface area contributed by atoms with E-state index in [1.165, 1.54) is 30.6 Å². The number of rotatable bonds is 4. The molecular weight excluding hydrogens is 425 g/mol. The molecule has 2 rings (SSSR count). The van der Waals surface area contributed by atoms with Crippen LogP contribution in [0, 0.1) is 12.7 Å². The molecule has 0 fully saturated rings. The van der Waals surface area contributed by atoms with Crippen molar-refractivity contribution in [1.29, 1.82) is 0 Å². The van der Waals surface area contributed by atoms with Crippen molar-refractivity contribution in [3.05, 3.63) is 48.8 Å². The second-order valence-electron chi connectivity index (χ2n) is 4.39. The van der Waals surface area contributed by atoms with Crippen molar-refractivity contribution in [3.63, 3.8) is 0 Å². The minimum Gasteiger partial charge on any atom is -0.467 e. The Kier molecular flexibility index (Phi) is 5.40. The average molecular weight is 437 g/mol. The van der Waals surface area contributed by atoms with E-state index in [0.717, 1.165) is 18.7 Å². The Morgan fingerprint density at radius 3 is 2.57 bits per heavy atom. The van der Waals surface area contributed by atoms with Gasteiger partial charge in [-0.2, -0.15) is 0 Å². The Morgan fingerprint density at radius 2 is 2.05 bits per heavy atom. The molecule has 2 aromatic rings. The Balaban J connectivity index is 2.34. The maximum atomic E-state index is 13.5. The first-order valence-electron chi connectivity index (χ1n) is 5.97. The summed E-state index contributed by atoms with van der Waals surface area (Å²) < 4.78 is 20.0. The number of anilines is 1. The van der Waals surface area contributed by atoms with Gasteiger partial charge < -0.3 is 10.1 Å². The van der Waals surface area contributed by atoms with Crippen molar-refractivity contribution in [2.45, 2.75) is 13.0 Å². The number of methoxy groups -OCH3 is 1. The summed E-state index contributed by atoms with van der Waals surface area (Å²) in [6, 6.07) is 5.69. The molecule has 1 aromatic heterocycles. The number of aryl methyl sites for hydroxylation is 1. The van der Waals surface area contributed by atoms with E-state index in [0.29, 0.717) is 5.69 Å². The molecule has 0 saturated carbocycles. The first kappa shape index (κ1) is 16.5. The summed E-state index contributed by atoms with van der Waals surface area (Å²) in [4.78, 5) is 12.8. The fraction of sp³-hybridized carbons (Fsp3) is 0.214. The zero-order valence-corrected chi connectivity index (χ0v) is 15.2. The van der Waals surface area contributed by atoms with Crippen LogP contribution in [0.3, 0.4) is 0 Å². The molecule has 0 aliphatic carbocycles. The SMILES string of the molecule is COC(=O)C(Nc1cc(C)cc(F)c1)c1cc(Br)c(Br)s1. The van der Waals surface area contributed by atoms with Gasteiger partial charge in [0.2, 0.25) is 0 Å². The van der Waals surface area contributed by atoms with E-state index in [4.69, 9.17) is 4.74 Å². The van der Waals surface area contributed by atoms with Crippen LogP contribution in [0.4, 0.5) is 10.1 Å². The summed E-state index contributed by atoms with van der Waals surface area (Å²) in [6.45, 7) is 1.79. The molecular formula is C14H12Br2FNO2S. The lowest BCUT2D eigenvalue weighted by atomic mass is 10.2. The van der Waals surface area contributed by atoms with Gasteiger partial charge in [0, 0.05) is 15.0 Å². The van der Waals surface area contributed by atoms with Gasteiger partial charge in [-0.15, -0.1) is 11.3 Å². The fourth-order valence-corrected chi connectivity index (χ4v) is 3.99. The lowest BCUT2D eigenvalue weighted by Crippen LogP contribution is -2.21. The van der Waals surface area contributed by atoms with Crippen LogP contribution in [0.25, 0.3) is 0 Å². The molecule has 0 amide bonds. The van der Waals surface area contributed by atoms with Crippen molar-refractivity contribution in [3.8, 4) is 0 Å². The number of benzene rings is 1. The van der Waals surface area contributed by atoms with E-state index < -0.39 is 12.0 Å². The van der Waals surface area contributed by atoms with Crippen LogP contribution in [-0.4, -0.2) is 13.1 Å². The lowest BCUT2D eigenvalue weighted by Gasteiger charge is -2.16. The van der Waals surface area contributed by atoms with Crippen LogP contribution < -0.4 is 5.32 Å². The molecule has 1 N–H and O–H groups in total. The van der Waals surface area contributed by atoms with Crippen LogP contribution in [-0.2, 0) is 9.53 Å². The second-order valence-corrected chi connectivity index (χ2v) is 7.64. The molecule has 7 heteroatoms. The average Bonchev–Trinajstić information content (AvgIpc) is 2.74. The highest BCUT2D eigenvalue weighted by atomic mass is 79.9. The Morgan fingerprint density at radius 1 is 1.33 bits per heavy atom. The van der Waals surface area contributed by atoms with E-state index in [9.17, 15) is 9.18 Å². The Bertz CT molecular complexity index is 635. The lowest BCUT2D eigenvalue weighted by molar-refractivity contribution is -0.141. The summed E-state index contributed by atoms with van der Waals surface area (Å²) in [7, 11) is 1.32. The maximum Gasteiger partial charge on any atom is 0.333 e. The highest BCUT2D eigenvalue weighted by Crippen LogP contribution is 2.37. The molecule has 1 heterocycles. The molecule has 0 aliphatic rings. The maximum absolute atomic E-state index is 13.5. The van der Waals surface area contributed by atoms with Gasteiger partial charge in [-0.05, 0) is 68.6 Å². The number of ether oxygens (including phenoxy) is 1. The number of carbonyl (C=O) groups is 1. The third-order valence-electron chi connectivity index (χ3n) is 2.74. The predicted octanol–water partition coefficient (Wildman–Crippen LogP) is 5.05. The normalized spacial score (nSPS) is 12.0. The van der Waals surface area contributed by atoms with Crippen molar-refractivity contribution in [2.75, 3.05) is 12.4 Å². The van der Waals surface area contributed by atoms with Gasteiger partial charge in [0.25, 0.3) is 0 Å². The minimum absolute atomic E-state index is 0.352. The zero-order chi connectivity index (χ0) is 15.6. The zero-order valence-electron chi connectivity index (χ0n) is 11.2. The summed E-state index contributed by atoms with van der Waals surface area (Å²) in [5.41, 5.74) is 1.30. The van der Waals surface area contributed by atoms with E-state index >= 15 is 0 Å². The predicted molar refractivity (Wildman–Crippen MR) is 89.2 cm³/mol. The smallest absolute Gasteiger partial charge is 0.333 e. The first-order chi connectivity index (χ1) is 9.90. The van der Waals surface area contributed by atoms with Gasteiger partial charge in [-0.25, -0.2) is 9.18 Å². The van der Waals surface area contributed by atoms with Crippen LogP contribution in [0.1, 0.15) is 16.5 Å². The second kappa shape index (κ2) is 6.89. The third kappa shape index (κ3) is 4.05. The van der Waals surface area contributed by atoms with Gasteiger partial charge in [-0.1, -0.05) is 0 Å². The summed E-state index contributed by atoms with van der Waals surface area (Å²) in [6.07, 6.45) is 0. The van der Waals surface area contributed by atoms with E-state index in [1.54, 1.807) is 13.0 Å². The summed E-state index contributed by atoms with van der Waals surface area (Å²) in [5, 5.41) is 3.02. The molecule has 1 atom stereocenters. The highest BCUT2D eigenvalue weighted by molar-refractivity contribution is 9.13. The van der Waals surface area contributed by atoms with Crippen LogP contribution in [0.15, 0.2) is 32.5 Å². The van der Waals surface area contributed by atoms with E-state index in [-0.39, 0.29) is 5.82 Å². The number of thiophene rings is 1. The fourth-order valence-electron chi connectivity index (χ4n) is 1.86. The number of nitrogens with one attached hydrogen (secondary N) is 1. The number of halogens is 3. The molecule has 112 valence electrons. The summed E-state index contributed by atoms with van der Waals surface area (Å²) >= 11 is 8.19. The molecule has 0 radical (unpaired) electrons. The van der Waals surface area contributed by atoms with Crippen molar-refractivity contribution < 1.29 is 13.9 Å². The topological polar surface area (TPSA) is 38.3 Å². The molecule has 3 nitrogen and oxygen atoms in total. The number of carbonyl (C=O) groups excluding carboxylic acids is 1. The molecule has 1 aromatic carbocycles. The van der Waals surface area contributed by atoms with E-state index in [2.05, 4.69) is 37.2 Å². The highest BCUT2D eigenvalue weighted by Gasteiger charge is 2.24. The van der Waals surface area contributed by atoms with Crippen molar-refractivity contribution in [1.82, 2.24) is 0 Å². The molecule has 0 bridgehead atoms. The largest absolute Gasteiger partial charge is 0.467 e. The first-order valence-corrected chi connectivity index (χ1v) is 8.37.